The SMILES string of the molecule is Cc1cnc2ccc(NC3CCN(C(=O)OC(C)(C)C)CC3)nn12. The molecule has 0 bridgehead atoms. The molecule has 0 aliphatic carbocycles. The predicted octanol–water partition coefficient (Wildman–Crippen LogP) is 2.85. The zero-order chi connectivity index (χ0) is 17.3. The number of anilines is 1. The number of aryl methyl sites for hydroxylation is 1. The van der Waals surface area contributed by atoms with Gasteiger partial charge in [0.1, 0.15) is 11.4 Å². The van der Waals surface area contributed by atoms with Gasteiger partial charge in [0.15, 0.2) is 5.65 Å². The molecule has 0 saturated carbocycles. The lowest BCUT2D eigenvalue weighted by atomic mass is 10.1. The Balaban J connectivity index is 1.56. The predicted molar refractivity (Wildman–Crippen MR) is 92.2 cm³/mol. The number of carbonyl (C=O) groups is 1. The van der Waals surface area contributed by atoms with Gasteiger partial charge >= 0.3 is 6.09 Å². The fourth-order valence-corrected chi connectivity index (χ4v) is 2.81. The van der Waals surface area contributed by atoms with E-state index in [4.69, 9.17) is 4.74 Å². The highest BCUT2D eigenvalue weighted by Gasteiger charge is 2.26. The van der Waals surface area contributed by atoms with Gasteiger partial charge in [-0.15, -0.1) is 5.10 Å². The summed E-state index contributed by atoms with van der Waals surface area (Å²) in [6, 6.07) is 4.21. The number of nitrogens with one attached hydrogen (secondary N) is 1. The van der Waals surface area contributed by atoms with E-state index in [-0.39, 0.29) is 6.09 Å². The van der Waals surface area contributed by atoms with Crippen molar-refractivity contribution in [2.75, 3.05) is 18.4 Å². The maximum atomic E-state index is 12.1. The van der Waals surface area contributed by atoms with Crippen molar-refractivity contribution in [2.24, 2.45) is 0 Å². The van der Waals surface area contributed by atoms with Crippen LogP contribution in [0.5, 0.6) is 0 Å². The minimum absolute atomic E-state index is 0.227. The van der Waals surface area contributed by atoms with Crippen LogP contribution < -0.4 is 5.32 Å². The highest BCUT2D eigenvalue weighted by molar-refractivity contribution is 5.68. The molecule has 7 nitrogen and oxygen atoms in total. The highest BCUT2D eigenvalue weighted by atomic mass is 16.6. The first-order valence-electron chi connectivity index (χ1n) is 8.38. The van der Waals surface area contributed by atoms with E-state index >= 15 is 0 Å². The standard InChI is InChI=1S/C17H25N5O2/c1-12-11-18-15-6-5-14(20-22(12)15)19-13-7-9-21(10-8-13)16(23)24-17(2,3)4/h5-6,11,13H,7-10H2,1-4H3,(H,19,20). The van der Waals surface area contributed by atoms with Crippen LogP contribution in [-0.4, -0.2) is 50.3 Å². The van der Waals surface area contributed by atoms with Crippen LogP contribution in [0.1, 0.15) is 39.3 Å². The molecule has 2 aromatic rings. The normalized spacial score (nSPS) is 16.4. The first kappa shape index (κ1) is 16.5. The zero-order valence-electron chi connectivity index (χ0n) is 14.7. The van der Waals surface area contributed by atoms with E-state index < -0.39 is 5.60 Å². The van der Waals surface area contributed by atoms with Gasteiger partial charge < -0.3 is 15.0 Å². The molecule has 0 unspecified atom stereocenters. The molecule has 24 heavy (non-hydrogen) atoms. The Hall–Kier alpha value is -2.31. The van der Waals surface area contributed by atoms with Crippen molar-refractivity contribution in [1.29, 1.82) is 0 Å². The number of imidazole rings is 1. The van der Waals surface area contributed by atoms with Gasteiger partial charge in [-0.25, -0.2) is 14.3 Å². The van der Waals surface area contributed by atoms with Gasteiger partial charge in [0.2, 0.25) is 0 Å². The fraction of sp³-hybridized carbons (Fsp3) is 0.588. The average molecular weight is 331 g/mol. The second kappa shape index (κ2) is 6.30. The molecule has 0 atom stereocenters. The lowest BCUT2D eigenvalue weighted by Gasteiger charge is -2.33. The Bertz CT molecular complexity index is 726. The minimum atomic E-state index is -0.450. The molecule has 2 aromatic heterocycles. The first-order chi connectivity index (χ1) is 11.3. The number of carbonyl (C=O) groups excluding carboxylic acids is 1. The third-order valence-electron chi connectivity index (χ3n) is 4.03. The maximum Gasteiger partial charge on any atom is 0.410 e. The van der Waals surface area contributed by atoms with Crippen molar-refractivity contribution in [3.05, 3.63) is 24.0 Å². The van der Waals surface area contributed by atoms with Crippen LogP contribution in [0, 0.1) is 6.92 Å². The van der Waals surface area contributed by atoms with Gasteiger partial charge in [0, 0.05) is 19.1 Å². The van der Waals surface area contributed by atoms with Gasteiger partial charge in [-0.3, -0.25) is 0 Å². The second-order valence-corrected chi connectivity index (χ2v) is 7.27. The van der Waals surface area contributed by atoms with Crippen LogP contribution in [0.15, 0.2) is 18.3 Å². The molecular weight excluding hydrogens is 306 g/mol. The van der Waals surface area contributed by atoms with Crippen LogP contribution in [0.25, 0.3) is 5.65 Å². The van der Waals surface area contributed by atoms with Crippen LogP contribution in [0.3, 0.4) is 0 Å². The van der Waals surface area contributed by atoms with E-state index in [1.165, 1.54) is 0 Å². The van der Waals surface area contributed by atoms with Crippen LogP contribution in [0.2, 0.25) is 0 Å². The second-order valence-electron chi connectivity index (χ2n) is 7.27. The number of aromatic nitrogens is 3. The molecule has 130 valence electrons. The number of fused-ring (bicyclic) bond motifs is 1. The van der Waals surface area contributed by atoms with E-state index in [0.717, 1.165) is 30.0 Å². The average Bonchev–Trinajstić information content (AvgIpc) is 2.87. The lowest BCUT2D eigenvalue weighted by molar-refractivity contribution is 0.0210. The molecule has 1 amide bonds. The van der Waals surface area contributed by atoms with Gasteiger partial charge in [-0.2, -0.15) is 0 Å². The highest BCUT2D eigenvalue weighted by Crippen LogP contribution is 2.18. The molecule has 1 aliphatic heterocycles. The van der Waals surface area contributed by atoms with E-state index in [2.05, 4.69) is 15.4 Å². The summed E-state index contributed by atoms with van der Waals surface area (Å²) >= 11 is 0. The van der Waals surface area contributed by atoms with E-state index in [1.807, 2.05) is 50.5 Å². The third-order valence-corrected chi connectivity index (χ3v) is 4.03. The molecule has 7 heteroatoms. The van der Waals surface area contributed by atoms with Gasteiger partial charge in [-0.1, -0.05) is 0 Å². The van der Waals surface area contributed by atoms with Gasteiger partial charge in [0.25, 0.3) is 0 Å². The number of likely N-dealkylation sites (tertiary alicyclic amines) is 1. The Labute approximate surface area is 142 Å². The summed E-state index contributed by atoms with van der Waals surface area (Å²) < 4.78 is 7.26. The van der Waals surface area contributed by atoms with E-state index in [0.29, 0.717) is 19.1 Å². The Morgan fingerprint density at radius 1 is 1.29 bits per heavy atom. The van der Waals surface area contributed by atoms with E-state index in [1.54, 1.807) is 4.90 Å². The quantitative estimate of drug-likeness (QED) is 0.916. The molecule has 0 spiro atoms. The smallest absolute Gasteiger partial charge is 0.410 e. The van der Waals surface area contributed by atoms with Crippen LogP contribution in [-0.2, 0) is 4.74 Å². The van der Waals surface area contributed by atoms with Crippen molar-refractivity contribution in [3.63, 3.8) is 0 Å². The monoisotopic (exact) mass is 331 g/mol. The number of hydrogen-bond acceptors (Lipinski definition) is 5. The number of piperidine rings is 1. The number of ether oxygens (including phenoxy) is 1. The molecule has 1 saturated heterocycles. The molecule has 1 N–H and O–H groups in total. The Morgan fingerprint density at radius 2 is 2.00 bits per heavy atom. The molecule has 1 fully saturated rings. The van der Waals surface area contributed by atoms with E-state index in [9.17, 15) is 4.79 Å². The summed E-state index contributed by atoms with van der Waals surface area (Å²) in [4.78, 5) is 18.2. The number of hydrogen-bond donors (Lipinski definition) is 1. The number of rotatable bonds is 2. The summed E-state index contributed by atoms with van der Waals surface area (Å²) in [5.74, 6) is 0.833. The topological polar surface area (TPSA) is 71.8 Å². The van der Waals surface area contributed by atoms with Gasteiger partial charge in [-0.05, 0) is 52.7 Å². The Kier molecular flexibility index (Phi) is 4.34. The molecule has 3 rings (SSSR count). The first-order valence-corrected chi connectivity index (χ1v) is 8.38. The van der Waals surface area contributed by atoms with Gasteiger partial charge in [0.05, 0.1) is 11.9 Å². The van der Waals surface area contributed by atoms with Crippen molar-refractivity contribution in [3.8, 4) is 0 Å². The van der Waals surface area contributed by atoms with Crippen molar-refractivity contribution in [2.45, 2.75) is 52.2 Å². The molecular formula is C17H25N5O2. The molecule has 0 aromatic carbocycles. The van der Waals surface area contributed by atoms with Crippen molar-refractivity contribution in [1.82, 2.24) is 19.5 Å². The summed E-state index contributed by atoms with van der Waals surface area (Å²) in [5, 5.41) is 8.03. The Morgan fingerprint density at radius 3 is 2.67 bits per heavy atom. The minimum Gasteiger partial charge on any atom is -0.444 e. The summed E-state index contributed by atoms with van der Waals surface area (Å²) in [5.41, 5.74) is 1.40. The summed E-state index contributed by atoms with van der Waals surface area (Å²) in [6.45, 7) is 9.03. The molecule has 0 radical (unpaired) electrons. The molecule has 1 aliphatic rings. The maximum absolute atomic E-state index is 12.1. The fourth-order valence-electron chi connectivity index (χ4n) is 2.81. The lowest BCUT2D eigenvalue weighted by Crippen LogP contribution is -2.44. The molecule has 3 heterocycles. The number of nitrogens with zero attached hydrogens (tertiary/aromatic N) is 4. The largest absolute Gasteiger partial charge is 0.444 e. The van der Waals surface area contributed by atoms with Crippen LogP contribution >= 0.6 is 0 Å². The summed E-state index contributed by atoms with van der Waals surface area (Å²) in [7, 11) is 0. The number of amides is 1. The third kappa shape index (κ3) is 3.77. The van der Waals surface area contributed by atoms with Crippen LogP contribution in [0.4, 0.5) is 10.6 Å². The van der Waals surface area contributed by atoms with Crippen molar-refractivity contribution < 1.29 is 9.53 Å². The summed E-state index contributed by atoms with van der Waals surface area (Å²) in [6.07, 6.45) is 3.34. The van der Waals surface area contributed by atoms with Crippen molar-refractivity contribution >= 4 is 17.6 Å². The zero-order valence-corrected chi connectivity index (χ0v) is 14.7.